The molecular weight excluding hydrogens is 619 g/mol. The number of benzene rings is 4. The van der Waals surface area contributed by atoms with E-state index in [-0.39, 0.29) is 0 Å². The van der Waals surface area contributed by atoms with Crippen LogP contribution in [0.25, 0.3) is 45.7 Å². The van der Waals surface area contributed by atoms with Crippen molar-refractivity contribution in [2.24, 2.45) is 0 Å². The first-order valence-electron chi connectivity index (χ1n) is 14.7. The van der Waals surface area contributed by atoms with Gasteiger partial charge in [-0.05, 0) is 67.8 Å². The number of alkyl halides is 1. The molecule has 0 saturated carbocycles. The second-order valence-electron chi connectivity index (χ2n) is 10.7. The number of halogens is 2. The number of aromatic nitrogens is 1. The Morgan fingerprint density at radius 2 is 1.72 bits per heavy atom. The second-order valence-corrected chi connectivity index (χ2v) is 12.5. The molecule has 1 unspecified atom stereocenters. The minimum Gasteiger partial charge on any atom is -0.587 e. The molecule has 8 heteroatoms. The molecule has 0 fully saturated rings. The average Bonchev–Trinajstić information content (AvgIpc) is 3.37. The van der Waals surface area contributed by atoms with Gasteiger partial charge in [-0.2, -0.15) is 9.23 Å². The van der Waals surface area contributed by atoms with Crippen molar-refractivity contribution >= 4 is 41.1 Å². The van der Waals surface area contributed by atoms with E-state index in [2.05, 4.69) is 6.07 Å². The Hall–Kier alpha value is -4.61. The number of nitriles is 1. The smallest absolute Gasteiger partial charge is 0.337 e. The van der Waals surface area contributed by atoms with E-state index in [1.165, 1.54) is 13.2 Å². The van der Waals surface area contributed by atoms with Crippen LogP contribution < -0.4 is 10.6 Å². The summed E-state index contributed by atoms with van der Waals surface area (Å²) in [4.78, 5) is 12.7. The van der Waals surface area contributed by atoms with Crippen LogP contribution >= 0.6 is 11.6 Å². The third-order valence-corrected chi connectivity index (χ3v) is 9.46. The van der Waals surface area contributed by atoms with E-state index in [4.69, 9.17) is 16.3 Å². The predicted octanol–water partition coefficient (Wildman–Crippen LogP) is 7.93. The number of carbonyl (C=O) groups is 1. The molecule has 0 amide bonds. The fraction of sp³-hybridized carbons (Fsp3) is 0.158. The first-order chi connectivity index (χ1) is 22.2. The highest BCUT2D eigenvalue weighted by Crippen LogP contribution is 2.37. The Bertz CT molecular complexity index is 2100. The Labute approximate surface area is 276 Å². The number of ether oxygens (including phenoxy) is 1. The summed E-state index contributed by atoms with van der Waals surface area (Å²) in [6.07, 6.45) is 4.02. The average molecular weight is 651 g/mol. The molecule has 0 bridgehead atoms. The van der Waals surface area contributed by atoms with Crippen LogP contribution in [0, 0.1) is 25.2 Å². The molecule has 0 N–H and O–H groups in total. The van der Waals surface area contributed by atoms with Gasteiger partial charge in [-0.3, -0.25) is 0 Å². The van der Waals surface area contributed by atoms with Crippen LogP contribution in [-0.2, 0) is 16.1 Å². The van der Waals surface area contributed by atoms with Crippen LogP contribution in [0.4, 0.5) is 4.39 Å². The molecule has 0 aliphatic rings. The molecule has 4 aromatic carbocycles. The lowest BCUT2D eigenvalue weighted by molar-refractivity contribution is 0.0600. The summed E-state index contributed by atoms with van der Waals surface area (Å²) in [5.41, 5.74) is 6.51. The monoisotopic (exact) mass is 650 g/mol. The van der Waals surface area contributed by atoms with Gasteiger partial charge in [0, 0.05) is 32.5 Å². The van der Waals surface area contributed by atoms with Crippen molar-refractivity contribution < 1.29 is 18.5 Å². The summed E-state index contributed by atoms with van der Waals surface area (Å²) in [7, 11) is 1.31. The van der Waals surface area contributed by atoms with Gasteiger partial charge in [-0.1, -0.05) is 84.8 Å². The zero-order valence-corrected chi connectivity index (χ0v) is 27.5. The van der Waals surface area contributed by atoms with Crippen LogP contribution in [0.15, 0.2) is 89.8 Å². The normalized spacial score (nSPS) is 12.7. The number of rotatable bonds is 8. The van der Waals surface area contributed by atoms with E-state index in [1.54, 1.807) is 22.2 Å². The van der Waals surface area contributed by atoms with Gasteiger partial charge in [0.05, 0.1) is 23.6 Å². The number of aryl methyl sites for hydroxylation is 2. The van der Waals surface area contributed by atoms with Crippen LogP contribution in [0.2, 0.25) is 5.02 Å². The molecule has 1 heterocycles. The number of carbonyl (C=O) groups excluding carboxylic acids is 1. The van der Waals surface area contributed by atoms with Gasteiger partial charge in [0.2, 0.25) is 0 Å². The number of esters is 1. The molecular formula is C38H32ClFN2O3S. The third-order valence-electron chi connectivity index (χ3n) is 7.76. The molecule has 0 spiro atoms. The van der Waals surface area contributed by atoms with Crippen molar-refractivity contribution in [2.45, 2.75) is 32.1 Å². The predicted molar refractivity (Wildman–Crippen MR) is 184 cm³/mol. The Morgan fingerprint density at radius 3 is 2.37 bits per heavy atom. The molecule has 0 aliphatic heterocycles. The van der Waals surface area contributed by atoms with E-state index >= 15 is 0 Å². The summed E-state index contributed by atoms with van der Waals surface area (Å²) in [5.74, 6) is -0.494. The Morgan fingerprint density at radius 1 is 1.00 bits per heavy atom. The summed E-state index contributed by atoms with van der Waals surface area (Å²) < 4.78 is 35.6. The fourth-order valence-corrected chi connectivity index (χ4v) is 7.16. The maximum Gasteiger partial charge on any atom is 0.337 e. The van der Waals surface area contributed by atoms with Crippen LogP contribution in [0.1, 0.15) is 40.4 Å². The molecule has 0 aliphatic carbocycles. The molecule has 1 aromatic heterocycles. The minimum atomic E-state index is -1.74. The Kier molecular flexibility index (Phi) is 10.1. The standard InChI is InChI=1S/C38H32ClFN2O3S/c1-5-8-35-32(19-20-40)36(31-12-6-9-25(3)33(31)23-41)37(42(35)46(44)29-16-13-24(2)14-17-29)27-11-7-10-26(21-27)30-18-15-28(22-34(30)39)38(43)45-4/h6-19,21-22H,5,20H2,1-4H3/b32-19+,35-8+. The topological polar surface area (TPSA) is 78.1 Å². The van der Waals surface area contributed by atoms with Crippen molar-refractivity contribution in [2.75, 3.05) is 13.8 Å². The van der Waals surface area contributed by atoms with Crippen LogP contribution in [0.5, 0.6) is 0 Å². The van der Waals surface area contributed by atoms with Crippen molar-refractivity contribution in [1.29, 1.82) is 5.26 Å². The number of nitrogens with zero attached hydrogens (tertiary/aromatic N) is 2. The van der Waals surface area contributed by atoms with Gasteiger partial charge >= 0.3 is 5.97 Å². The number of hydrogen-bond donors (Lipinski definition) is 0. The van der Waals surface area contributed by atoms with E-state index in [9.17, 15) is 19.0 Å². The fourth-order valence-electron chi connectivity index (χ4n) is 5.58. The summed E-state index contributed by atoms with van der Waals surface area (Å²) in [5, 5.41) is 11.8. The number of hydrogen-bond acceptors (Lipinski definition) is 4. The largest absolute Gasteiger partial charge is 0.587 e. The summed E-state index contributed by atoms with van der Waals surface area (Å²) in [6, 6.07) is 28.0. The molecule has 232 valence electrons. The highest BCUT2D eigenvalue weighted by Gasteiger charge is 2.28. The zero-order valence-electron chi connectivity index (χ0n) is 25.9. The van der Waals surface area contributed by atoms with Gasteiger partial charge in [-0.25, -0.2) is 9.18 Å². The highest BCUT2D eigenvalue weighted by atomic mass is 35.5. The number of methoxy groups -OCH3 is 1. The van der Waals surface area contributed by atoms with Gasteiger partial charge < -0.3 is 9.29 Å². The Balaban J connectivity index is 1.91. The first-order valence-corrected chi connectivity index (χ1v) is 16.2. The first kappa shape index (κ1) is 32.8. The highest BCUT2D eigenvalue weighted by molar-refractivity contribution is 7.90. The SMILES string of the molecule is CC/C=c1\c(=C/CF)c(-c2cccc(C)c2C#N)c(-c2cccc(-c3ccc(C(=O)OC)cc3Cl)c2)n1[S+]([O-])c1ccc(C)cc1. The molecule has 0 saturated heterocycles. The maximum absolute atomic E-state index is 14.6. The molecule has 5 rings (SSSR count). The molecule has 0 radical (unpaired) electrons. The van der Waals surface area contributed by atoms with Gasteiger partial charge in [-0.15, -0.1) is 0 Å². The van der Waals surface area contributed by atoms with Gasteiger partial charge in [0.15, 0.2) is 4.90 Å². The quantitative estimate of drug-likeness (QED) is 0.126. The summed E-state index contributed by atoms with van der Waals surface area (Å²) >= 11 is 4.94. The zero-order chi connectivity index (χ0) is 33.0. The van der Waals surface area contributed by atoms with Crippen molar-refractivity contribution in [3.8, 4) is 39.6 Å². The van der Waals surface area contributed by atoms with E-state index in [1.807, 2.05) is 93.6 Å². The van der Waals surface area contributed by atoms with Gasteiger partial charge in [0.1, 0.15) is 29.8 Å². The van der Waals surface area contributed by atoms with E-state index in [0.717, 1.165) is 16.7 Å². The van der Waals surface area contributed by atoms with E-state index in [0.29, 0.717) is 66.0 Å². The van der Waals surface area contributed by atoms with Crippen molar-refractivity contribution in [3.05, 3.63) is 123 Å². The van der Waals surface area contributed by atoms with Crippen LogP contribution in [0.3, 0.4) is 0 Å². The molecule has 5 aromatic rings. The lowest BCUT2D eigenvalue weighted by Crippen LogP contribution is -2.34. The summed E-state index contributed by atoms with van der Waals surface area (Å²) in [6.45, 7) is 5.04. The van der Waals surface area contributed by atoms with Gasteiger partial charge in [0.25, 0.3) is 0 Å². The van der Waals surface area contributed by atoms with Crippen LogP contribution in [-0.4, -0.2) is 28.3 Å². The van der Waals surface area contributed by atoms with Crippen molar-refractivity contribution in [1.82, 2.24) is 3.97 Å². The maximum atomic E-state index is 14.6. The molecule has 46 heavy (non-hydrogen) atoms. The third kappa shape index (κ3) is 6.25. The molecule has 1 atom stereocenters. The lowest BCUT2D eigenvalue weighted by Gasteiger charge is -2.17. The lowest BCUT2D eigenvalue weighted by atomic mass is 9.92. The second kappa shape index (κ2) is 14.2. The molecule has 5 nitrogen and oxygen atoms in total. The van der Waals surface area contributed by atoms with E-state index < -0.39 is 24.0 Å². The minimum absolute atomic E-state index is 0.326. The van der Waals surface area contributed by atoms with Crippen molar-refractivity contribution in [3.63, 3.8) is 0 Å².